The summed E-state index contributed by atoms with van der Waals surface area (Å²) < 4.78 is 28.2. The fraction of sp³-hybridized carbons (Fsp3) is 0.278. The van der Waals surface area contributed by atoms with Crippen LogP contribution in [0.15, 0.2) is 53.4 Å². The van der Waals surface area contributed by atoms with Crippen LogP contribution in [0.4, 0.5) is 5.69 Å². The van der Waals surface area contributed by atoms with Crippen LogP contribution in [-0.4, -0.2) is 26.9 Å². The molecule has 0 heterocycles. The van der Waals surface area contributed by atoms with E-state index in [0.717, 1.165) is 23.4 Å². The average molecular weight is 379 g/mol. The van der Waals surface area contributed by atoms with Crippen LogP contribution in [0.25, 0.3) is 0 Å². The zero-order valence-corrected chi connectivity index (χ0v) is 16.1. The highest BCUT2D eigenvalue weighted by molar-refractivity contribution is 7.90. The van der Waals surface area contributed by atoms with Gasteiger partial charge in [0, 0.05) is 11.9 Å². The molecule has 7 heteroatoms. The monoisotopic (exact) mass is 378 g/mol. The highest BCUT2D eigenvalue weighted by Gasteiger charge is 2.13. The molecule has 0 spiro atoms. The zero-order chi connectivity index (χ0) is 18.4. The van der Waals surface area contributed by atoms with E-state index in [0.29, 0.717) is 10.0 Å². The van der Waals surface area contributed by atoms with E-state index >= 15 is 0 Å². The van der Waals surface area contributed by atoms with Crippen molar-refractivity contribution in [2.45, 2.75) is 24.3 Å². The van der Waals surface area contributed by atoms with E-state index in [1.807, 2.05) is 43.3 Å². The van der Waals surface area contributed by atoms with Crippen LogP contribution in [0.2, 0.25) is 0 Å². The Morgan fingerprint density at radius 3 is 2.20 bits per heavy atom. The first kappa shape index (κ1) is 19.2. The molecule has 0 radical (unpaired) electrons. The second-order valence-electron chi connectivity index (χ2n) is 5.63. The molecule has 0 saturated heterocycles. The molecule has 0 unspecified atom stereocenters. The van der Waals surface area contributed by atoms with E-state index in [4.69, 9.17) is 17.0 Å². The number of methoxy groups -OCH3 is 1. The molecule has 134 valence electrons. The second kappa shape index (κ2) is 8.31. The van der Waals surface area contributed by atoms with Crippen LogP contribution in [0.1, 0.15) is 24.9 Å². The van der Waals surface area contributed by atoms with Gasteiger partial charge in [0.25, 0.3) is 0 Å². The third-order valence-electron chi connectivity index (χ3n) is 3.77. The summed E-state index contributed by atoms with van der Waals surface area (Å²) in [6.45, 7) is 2.04. The molecule has 2 N–H and O–H groups in total. The lowest BCUT2D eigenvalue weighted by molar-refractivity contribution is 0.415. The van der Waals surface area contributed by atoms with Crippen molar-refractivity contribution in [1.82, 2.24) is 5.32 Å². The maximum Gasteiger partial charge on any atom is 0.175 e. The Kier molecular flexibility index (Phi) is 6.39. The van der Waals surface area contributed by atoms with Crippen molar-refractivity contribution >= 4 is 32.9 Å². The summed E-state index contributed by atoms with van der Waals surface area (Å²) >= 11 is 5.38. The highest BCUT2D eigenvalue weighted by atomic mass is 32.2. The van der Waals surface area contributed by atoms with Gasteiger partial charge in [0.2, 0.25) is 0 Å². The molecule has 0 aromatic heterocycles. The van der Waals surface area contributed by atoms with Gasteiger partial charge in [-0.15, -0.1) is 0 Å². The lowest BCUT2D eigenvalue weighted by atomic mass is 10.1. The first-order valence-electron chi connectivity index (χ1n) is 7.85. The van der Waals surface area contributed by atoms with Crippen molar-refractivity contribution in [2.75, 3.05) is 18.7 Å². The Balaban J connectivity index is 2.03. The number of anilines is 1. The van der Waals surface area contributed by atoms with E-state index < -0.39 is 9.84 Å². The lowest BCUT2D eigenvalue weighted by Crippen LogP contribution is -2.32. The van der Waals surface area contributed by atoms with Crippen molar-refractivity contribution in [1.29, 1.82) is 0 Å². The predicted octanol–water partition coefficient (Wildman–Crippen LogP) is 3.54. The van der Waals surface area contributed by atoms with Crippen LogP contribution in [0, 0.1) is 0 Å². The smallest absolute Gasteiger partial charge is 0.175 e. The summed E-state index contributed by atoms with van der Waals surface area (Å²) in [5, 5.41) is 6.89. The summed E-state index contributed by atoms with van der Waals surface area (Å²) in [6, 6.07) is 14.3. The predicted molar refractivity (Wildman–Crippen MR) is 105 cm³/mol. The molecule has 25 heavy (non-hydrogen) atoms. The fourth-order valence-electron chi connectivity index (χ4n) is 2.37. The molecule has 2 aromatic carbocycles. The van der Waals surface area contributed by atoms with Gasteiger partial charge in [0.1, 0.15) is 5.75 Å². The van der Waals surface area contributed by atoms with Crippen molar-refractivity contribution in [3.63, 3.8) is 0 Å². The molecule has 0 aliphatic carbocycles. The summed E-state index contributed by atoms with van der Waals surface area (Å²) in [6.07, 6.45) is 2.01. The van der Waals surface area contributed by atoms with E-state index in [1.54, 1.807) is 19.2 Å². The van der Waals surface area contributed by atoms with Gasteiger partial charge in [0.15, 0.2) is 14.9 Å². The fourth-order valence-corrected chi connectivity index (χ4v) is 3.26. The van der Waals surface area contributed by atoms with Crippen molar-refractivity contribution < 1.29 is 13.2 Å². The molecule has 0 aliphatic heterocycles. The van der Waals surface area contributed by atoms with Gasteiger partial charge in [-0.25, -0.2) is 8.42 Å². The zero-order valence-electron chi connectivity index (χ0n) is 14.4. The molecule has 0 amide bonds. The maximum atomic E-state index is 11.6. The molecule has 5 nitrogen and oxygen atoms in total. The minimum absolute atomic E-state index is 0.00754. The summed E-state index contributed by atoms with van der Waals surface area (Å²) in [5.41, 5.74) is 1.84. The van der Waals surface area contributed by atoms with Gasteiger partial charge in [0.05, 0.1) is 18.0 Å². The molecular weight excluding hydrogens is 356 g/mol. The van der Waals surface area contributed by atoms with Crippen LogP contribution in [0.3, 0.4) is 0 Å². The van der Waals surface area contributed by atoms with Crippen LogP contribution in [0.5, 0.6) is 5.75 Å². The minimum atomic E-state index is -3.19. The van der Waals surface area contributed by atoms with Crippen molar-refractivity contribution in [3.8, 4) is 5.75 Å². The first-order chi connectivity index (χ1) is 11.8. The van der Waals surface area contributed by atoms with Gasteiger partial charge in [-0.3, -0.25) is 0 Å². The number of thiocarbonyl (C=S) groups is 1. The molecular formula is C18H22N2O3S2. The van der Waals surface area contributed by atoms with Crippen molar-refractivity contribution in [2.24, 2.45) is 0 Å². The number of hydrogen-bond acceptors (Lipinski definition) is 4. The average Bonchev–Trinajstić information content (AvgIpc) is 2.59. The van der Waals surface area contributed by atoms with Crippen LogP contribution >= 0.6 is 12.2 Å². The van der Waals surface area contributed by atoms with Gasteiger partial charge in [-0.1, -0.05) is 19.1 Å². The quantitative estimate of drug-likeness (QED) is 0.750. The molecule has 0 bridgehead atoms. The Morgan fingerprint density at radius 2 is 1.72 bits per heavy atom. The number of ether oxygens (including phenoxy) is 1. The summed E-state index contributed by atoms with van der Waals surface area (Å²) in [5.74, 6) is 0.779. The van der Waals surface area contributed by atoms with Gasteiger partial charge in [-0.05, 0) is 60.6 Å². The van der Waals surface area contributed by atoms with Gasteiger partial charge < -0.3 is 15.4 Å². The van der Waals surface area contributed by atoms with Crippen LogP contribution in [-0.2, 0) is 9.84 Å². The molecule has 0 saturated carbocycles. The number of benzene rings is 2. The Bertz CT molecular complexity index is 816. The minimum Gasteiger partial charge on any atom is -0.497 e. The van der Waals surface area contributed by atoms with Crippen LogP contribution < -0.4 is 15.4 Å². The molecule has 0 aliphatic rings. The number of rotatable bonds is 6. The van der Waals surface area contributed by atoms with E-state index in [-0.39, 0.29) is 6.04 Å². The lowest BCUT2D eigenvalue weighted by Gasteiger charge is -2.20. The second-order valence-corrected chi connectivity index (χ2v) is 8.05. The normalized spacial score (nSPS) is 12.3. The topological polar surface area (TPSA) is 67.4 Å². The Morgan fingerprint density at radius 1 is 1.12 bits per heavy atom. The number of hydrogen-bond donors (Lipinski definition) is 2. The third-order valence-corrected chi connectivity index (χ3v) is 5.12. The van der Waals surface area contributed by atoms with E-state index in [2.05, 4.69) is 10.6 Å². The molecule has 2 rings (SSSR count). The highest BCUT2D eigenvalue weighted by Crippen LogP contribution is 2.20. The molecule has 0 fully saturated rings. The molecule has 1 atom stereocenters. The van der Waals surface area contributed by atoms with E-state index in [1.165, 1.54) is 6.26 Å². The van der Waals surface area contributed by atoms with Crippen molar-refractivity contribution in [3.05, 3.63) is 54.1 Å². The standard InChI is InChI=1S/C18H22N2O3S2/c1-4-17(13-5-11-16(12-6-13)25(3,21)22)20-18(24)19-14-7-9-15(23-2)10-8-14/h5-12,17H,4H2,1-3H3,(H2,19,20,24)/t17-/m1/s1. The summed E-state index contributed by atoms with van der Waals surface area (Å²) in [4.78, 5) is 0.310. The molecule has 2 aromatic rings. The number of nitrogens with one attached hydrogen (secondary N) is 2. The van der Waals surface area contributed by atoms with Gasteiger partial charge >= 0.3 is 0 Å². The first-order valence-corrected chi connectivity index (χ1v) is 10.1. The van der Waals surface area contributed by atoms with E-state index in [9.17, 15) is 8.42 Å². The Hall–Kier alpha value is -2.12. The van der Waals surface area contributed by atoms with Gasteiger partial charge in [-0.2, -0.15) is 0 Å². The SMILES string of the molecule is CC[C@@H](NC(=S)Nc1ccc(OC)cc1)c1ccc(S(C)(=O)=O)cc1. The Labute approximate surface area is 154 Å². The largest absolute Gasteiger partial charge is 0.497 e. The number of sulfone groups is 1. The third kappa shape index (κ3) is 5.44. The summed E-state index contributed by atoms with van der Waals surface area (Å²) in [7, 11) is -1.57. The maximum absolute atomic E-state index is 11.6.